The number of hydrogen-bond acceptors (Lipinski definition) is 6. The molecule has 1 fully saturated rings. The van der Waals surface area contributed by atoms with Gasteiger partial charge in [0.2, 0.25) is 15.9 Å². The summed E-state index contributed by atoms with van der Waals surface area (Å²) in [6, 6.07) is 3.60. The molecule has 9 heteroatoms. The van der Waals surface area contributed by atoms with Gasteiger partial charge in [0.15, 0.2) is 0 Å². The summed E-state index contributed by atoms with van der Waals surface area (Å²) in [6.07, 6.45) is 4.42. The van der Waals surface area contributed by atoms with Crippen LogP contribution in [0.1, 0.15) is 5.56 Å². The summed E-state index contributed by atoms with van der Waals surface area (Å²) in [5, 5.41) is 2.73. The van der Waals surface area contributed by atoms with E-state index in [1.165, 1.54) is 4.31 Å². The first-order valence-corrected chi connectivity index (χ1v) is 9.71. The standard InChI is InChI=1S/C15H24N4O4S/c1-24(21,22)19(7-6-18-8-10-23-11-9-18)13-15(20)17-12-14-2-4-16-5-3-14/h2-5H,6-13H2,1H3,(H,17,20). The minimum atomic E-state index is -3.44. The quantitative estimate of drug-likeness (QED) is 0.662. The van der Waals surface area contributed by atoms with Gasteiger partial charge < -0.3 is 10.1 Å². The molecule has 0 atom stereocenters. The van der Waals surface area contributed by atoms with Crippen LogP contribution in [0, 0.1) is 0 Å². The molecule has 8 nitrogen and oxygen atoms in total. The van der Waals surface area contributed by atoms with E-state index < -0.39 is 10.0 Å². The lowest BCUT2D eigenvalue weighted by Gasteiger charge is -2.29. The molecule has 134 valence electrons. The molecule has 2 heterocycles. The van der Waals surface area contributed by atoms with Gasteiger partial charge in [-0.2, -0.15) is 4.31 Å². The lowest BCUT2D eigenvalue weighted by Crippen LogP contribution is -2.45. The Kier molecular flexibility index (Phi) is 7.10. The van der Waals surface area contributed by atoms with E-state index in [2.05, 4.69) is 15.2 Å². The van der Waals surface area contributed by atoms with Gasteiger partial charge >= 0.3 is 0 Å². The predicted octanol–water partition coefficient (Wildman–Crippen LogP) is -0.708. The number of rotatable bonds is 8. The number of amides is 1. The monoisotopic (exact) mass is 356 g/mol. The number of hydrogen-bond donors (Lipinski definition) is 1. The van der Waals surface area contributed by atoms with E-state index in [0.717, 1.165) is 24.9 Å². The first-order valence-electron chi connectivity index (χ1n) is 7.86. The average molecular weight is 356 g/mol. The van der Waals surface area contributed by atoms with E-state index in [0.29, 0.717) is 32.8 Å². The first-order chi connectivity index (χ1) is 11.4. The molecule has 1 aliphatic heterocycles. The van der Waals surface area contributed by atoms with Gasteiger partial charge in [-0.1, -0.05) is 0 Å². The van der Waals surface area contributed by atoms with Gasteiger partial charge in [0.05, 0.1) is 26.0 Å². The Bertz CT molecular complexity index is 618. The summed E-state index contributed by atoms with van der Waals surface area (Å²) < 4.78 is 30.3. The van der Waals surface area contributed by atoms with E-state index in [9.17, 15) is 13.2 Å². The van der Waals surface area contributed by atoms with Crippen LogP contribution in [0.5, 0.6) is 0 Å². The van der Waals surface area contributed by atoms with Crippen LogP contribution in [0.2, 0.25) is 0 Å². The Hall–Kier alpha value is -1.55. The fraction of sp³-hybridized carbons (Fsp3) is 0.600. The van der Waals surface area contributed by atoms with E-state index in [1.54, 1.807) is 24.5 Å². The Labute approximate surface area is 142 Å². The maximum atomic E-state index is 12.1. The third-order valence-corrected chi connectivity index (χ3v) is 5.05. The Balaban J connectivity index is 1.82. The molecule has 1 aliphatic rings. The maximum Gasteiger partial charge on any atom is 0.235 e. The molecule has 0 spiro atoms. The minimum Gasteiger partial charge on any atom is -0.379 e. The van der Waals surface area contributed by atoms with Crippen molar-refractivity contribution in [3.63, 3.8) is 0 Å². The van der Waals surface area contributed by atoms with Crippen LogP contribution in [0.3, 0.4) is 0 Å². The Morgan fingerprint density at radius 1 is 1.33 bits per heavy atom. The van der Waals surface area contributed by atoms with Crippen molar-refractivity contribution in [2.75, 3.05) is 52.2 Å². The number of carbonyl (C=O) groups excluding carboxylic acids is 1. The van der Waals surface area contributed by atoms with Gasteiger partial charge in [0, 0.05) is 45.1 Å². The summed E-state index contributed by atoms with van der Waals surface area (Å²) >= 11 is 0. The number of carbonyl (C=O) groups is 1. The largest absolute Gasteiger partial charge is 0.379 e. The zero-order valence-electron chi connectivity index (χ0n) is 13.8. The van der Waals surface area contributed by atoms with E-state index >= 15 is 0 Å². The predicted molar refractivity (Wildman–Crippen MR) is 89.8 cm³/mol. The molecule has 0 saturated carbocycles. The molecule has 1 saturated heterocycles. The summed E-state index contributed by atoms with van der Waals surface area (Å²) in [7, 11) is -3.44. The van der Waals surface area contributed by atoms with Crippen LogP contribution < -0.4 is 5.32 Å². The number of pyridine rings is 1. The first kappa shape index (κ1) is 18.8. The van der Waals surface area contributed by atoms with Crippen LogP contribution in [0.4, 0.5) is 0 Å². The zero-order valence-corrected chi connectivity index (χ0v) is 14.7. The van der Waals surface area contributed by atoms with Gasteiger partial charge in [-0.15, -0.1) is 0 Å². The van der Waals surface area contributed by atoms with Crippen molar-refractivity contribution >= 4 is 15.9 Å². The van der Waals surface area contributed by atoms with Crippen LogP contribution in [0.15, 0.2) is 24.5 Å². The molecule has 0 radical (unpaired) electrons. The highest BCUT2D eigenvalue weighted by Crippen LogP contribution is 2.02. The van der Waals surface area contributed by atoms with E-state index in [1.807, 2.05) is 0 Å². The highest BCUT2D eigenvalue weighted by atomic mass is 32.2. The topological polar surface area (TPSA) is 91.8 Å². The maximum absolute atomic E-state index is 12.1. The minimum absolute atomic E-state index is 0.172. The highest BCUT2D eigenvalue weighted by molar-refractivity contribution is 7.88. The van der Waals surface area contributed by atoms with Crippen LogP contribution in [-0.4, -0.2) is 80.7 Å². The van der Waals surface area contributed by atoms with Crippen molar-refractivity contribution in [2.24, 2.45) is 0 Å². The summed E-state index contributed by atoms with van der Waals surface area (Å²) in [6.45, 7) is 3.94. The number of nitrogens with one attached hydrogen (secondary N) is 1. The SMILES string of the molecule is CS(=O)(=O)N(CCN1CCOCC1)CC(=O)NCc1ccncc1. The lowest BCUT2D eigenvalue weighted by molar-refractivity contribution is -0.121. The Morgan fingerprint density at radius 3 is 2.62 bits per heavy atom. The number of morpholine rings is 1. The third-order valence-electron chi connectivity index (χ3n) is 3.80. The molecule has 2 rings (SSSR count). The van der Waals surface area contributed by atoms with Gasteiger partial charge in [-0.3, -0.25) is 14.7 Å². The molecule has 0 aliphatic carbocycles. The summed E-state index contributed by atoms with van der Waals surface area (Å²) in [5.41, 5.74) is 0.914. The molecular weight excluding hydrogens is 332 g/mol. The molecule has 24 heavy (non-hydrogen) atoms. The molecule has 1 aromatic heterocycles. The molecule has 0 unspecified atom stereocenters. The average Bonchev–Trinajstić information content (AvgIpc) is 2.57. The van der Waals surface area contributed by atoms with E-state index in [4.69, 9.17) is 4.74 Å². The van der Waals surface area contributed by atoms with E-state index in [-0.39, 0.29) is 12.5 Å². The van der Waals surface area contributed by atoms with Gasteiger partial charge in [-0.05, 0) is 17.7 Å². The second-order valence-electron chi connectivity index (χ2n) is 5.68. The second kappa shape index (κ2) is 9.07. The number of ether oxygens (including phenoxy) is 1. The number of sulfonamides is 1. The van der Waals surface area contributed by atoms with Crippen molar-refractivity contribution < 1.29 is 17.9 Å². The Morgan fingerprint density at radius 2 is 2.00 bits per heavy atom. The third kappa shape index (κ3) is 6.52. The number of aromatic nitrogens is 1. The summed E-state index contributed by atoms with van der Waals surface area (Å²) in [4.78, 5) is 18.1. The van der Waals surface area contributed by atoms with Crippen molar-refractivity contribution in [3.05, 3.63) is 30.1 Å². The molecule has 1 aromatic rings. The van der Waals surface area contributed by atoms with Crippen LogP contribution >= 0.6 is 0 Å². The second-order valence-corrected chi connectivity index (χ2v) is 7.67. The smallest absolute Gasteiger partial charge is 0.235 e. The lowest BCUT2D eigenvalue weighted by atomic mass is 10.3. The fourth-order valence-electron chi connectivity index (χ4n) is 2.36. The molecule has 0 bridgehead atoms. The van der Waals surface area contributed by atoms with Crippen LogP contribution in [0.25, 0.3) is 0 Å². The molecule has 1 amide bonds. The fourth-order valence-corrected chi connectivity index (χ4v) is 3.12. The van der Waals surface area contributed by atoms with Crippen molar-refractivity contribution in [1.29, 1.82) is 0 Å². The van der Waals surface area contributed by atoms with Crippen molar-refractivity contribution in [2.45, 2.75) is 6.54 Å². The van der Waals surface area contributed by atoms with Crippen molar-refractivity contribution in [1.82, 2.24) is 19.5 Å². The van der Waals surface area contributed by atoms with Crippen molar-refractivity contribution in [3.8, 4) is 0 Å². The van der Waals surface area contributed by atoms with Gasteiger partial charge in [-0.25, -0.2) is 8.42 Å². The highest BCUT2D eigenvalue weighted by Gasteiger charge is 2.21. The summed E-state index contributed by atoms with van der Waals surface area (Å²) in [5.74, 6) is -0.320. The normalized spacial score (nSPS) is 16.2. The van der Waals surface area contributed by atoms with Gasteiger partial charge in [0.1, 0.15) is 0 Å². The van der Waals surface area contributed by atoms with Crippen LogP contribution in [-0.2, 0) is 26.1 Å². The zero-order chi connectivity index (χ0) is 17.4. The molecule has 1 N–H and O–H groups in total. The van der Waals surface area contributed by atoms with Gasteiger partial charge in [0.25, 0.3) is 0 Å². The molecular formula is C15H24N4O4S. The molecule has 0 aromatic carbocycles. The number of nitrogens with zero attached hydrogens (tertiary/aromatic N) is 3.